The molecule has 1 saturated heterocycles. The molecule has 0 radical (unpaired) electrons. The lowest BCUT2D eigenvalue weighted by atomic mass is 10.1. The van der Waals surface area contributed by atoms with Crippen LogP contribution in [0.25, 0.3) is 0 Å². The largest absolute Gasteiger partial charge is 0.381 e. The molecule has 1 aromatic heterocycles. The Balaban J connectivity index is 1.77. The smallest absolute Gasteiger partial charge is 0.317 e. The summed E-state index contributed by atoms with van der Waals surface area (Å²) in [5.41, 5.74) is 0.906. The maximum Gasteiger partial charge on any atom is 0.317 e. The molecular formula is C12H20N4O2. The van der Waals surface area contributed by atoms with Gasteiger partial charge in [0.1, 0.15) is 0 Å². The molecule has 2 heterocycles. The number of H-pyrrole nitrogens is 1. The maximum atomic E-state index is 12.0. The molecule has 1 fully saturated rings. The van der Waals surface area contributed by atoms with Crippen LogP contribution in [0.2, 0.25) is 0 Å². The first-order chi connectivity index (χ1) is 8.79. The van der Waals surface area contributed by atoms with Crippen LogP contribution in [0.4, 0.5) is 4.79 Å². The number of hydrogen-bond donors (Lipinski definition) is 2. The van der Waals surface area contributed by atoms with Gasteiger partial charge in [0.2, 0.25) is 0 Å². The van der Waals surface area contributed by atoms with Crippen molar-refractivity contribution in [2.45, 2.75) is 19.9 Å². The normalized spacial score (nSPS) is 18.8. The monoisotopic (exact) mass is 252 g/mol. The molecule has 2 rings (SSSR count). The molecule has 0 aliphatic carbocycles. The van der Waals surface area contributed by atoms with Gasteiger partial charge in [-0.2, -0.15) is 5.10 Å². The third kappa shape index (κ3) is 3.46. The van der Waals surface area contributed by atoms with Crippen molar-refractivity contribution in [2.24, 2.45) is 5.92 Å². The highest BCUT2D eigenvalue weighted by atomic mass is 16.5. The topological polar surface area (TPSA) is 70.2 Å². The van der Waals surface area contributed by atoms with E-state index in [0.717, 1.165) is 31.9 Å². The second kappa shape index (κ2) is 6.39. The average molecular weight is 252 g/mol. The second-order valence-electron chi connectivity index (χ2n) is 4.51. The van der Waals surface area contributed by atoms with Crippen LogP contribution >= 0.6 is 0 Å². The summed E-state index contributed by atoms with van der Waals surface area (Å²) in [6.07, 6.45) is 2.72. The van der Waals surface area contributed by atoms with E-state index in [4.69, 9.17) is 4.74 Å². The Labute approximate surface area is 107 Å². The summed E-state index contributed by atoms with van der Waals surface area (Å²) in [6.45, 7) is 5.54. The lowest BCUT2D eigenvalue weighted by molar-refractivity contribution is 0.166. The Hall–Kier alpha value is -1.56. The third-order valence-corrected chi connectivity index (χ3v) is 3.16. The molecule has 1 atom stereocenters. The Morgan fingerprint density at radius 3 is 3.22 bits per heavy atom. The zero-order chi connectivity index (χ0) is 12.8. The first-order valence-corrected chi connectivity index (χ1v) is 6.38. The predicted octanol–water partition coefficient (Wildman–Crippen LogP) is 0.978. The van der Waals surface area contributed by atoms with Crippen LogP contribution in [-0.4, -0.2) is 47.4 Å². The number of rotatable bonds is 5. The van der Waals surface area contributed by atoms with Crippen molar-refractivity contribution < 1.29 is 9.53 Å². The SMILES string of the molecule is CCN(CC1CCOC1)C(=O)NCc1ccn[nH]1. The summed E-state index contributed by atoms with van der Waals surface area (Å²) in [5.74, 6) is 0.475. The molecule has 0 spiro atoms. The van der Waals surface area contributed by atoms with E-state index in [1.807, 2.05) is 17.9 Å². The minimum absolute atomic E-state index is 0.0287. The summed E-state index contributed by atoms with van der Waals surface area (Å²) in [5, 5.41) is 9.55. The molecule has 100 valence electrons. The third-order valence-electron chi connectivity index (χ3n) is 3.16. The van der Waals surface area contributed by atoms with Gasteiger partial charge in [0.15, 0.2) is 0 Å². The number of ether oxygens (including phenoxy) is 1. The van der Waals surface area contributed by atoms with E-state index in [2.05, 4.69) is 15.5 Å². The van der Waals surface area contributed by atoms with Gasteiger partial charge in [-0.15, -0.1) is 0 Å². The van der Waals surface area contributed by atoms with Gasteiger partial charge < -0.3 is 15.0 Å². The molecule has 0 aromatic carbocycles. The number of amides is 2. The van der Waals surface area contributed by atoms with Crippen molar-refractivity contribution in [3.05, 3.63) is 18.0 Å². The number of aromatic nitrogens is 2. The molecule has 1 aliphatic rings. The van der Waals surface area contributed by atoms with Gasteiger partial charge in [-0.3, -0.25) is 5.10 Å². The molecule has 1 unspecified atom stereocenters. The quantitative estimate of drug-likeness (QED) is 0.820. The number of aromatic amines is 1. The fourth-order valence-electron chi connectivity index (χ4n) is 2.06. The van der Waals surface area contributed by atoms with Gasteiger partial charge in [-0.05, 0) is 19.4 Å². The van der Waals surface area contributed by atoms with Gasteiger partial charge in [0, 0.05) is 31.8 Å². The van der Waals surface area contributed by atoms with E-state index in [1.165, 1.54) is 0 Å². The second-order valence-corrected chi connectivity index (χ2v) is 4.51. The molecule has 2 N–H and O–H groups in total. The maximum absolute atomic E-state index is 12.0. The summed E-state index contributed by atoms with van der Waals surface area (Å²) in [7, 11) is 0. The van der Waals surface area contributed by atoms with Crippen molar-refractivity contribution in [3.8, 4) is 0 Å². The highest BCUT2D eigenvalue weighted by Crippen LogP contribution is 2.13. The molecule has 18 heavy (non-hydrogen) atoms. The minimum atomic E-state index is -0.0287. The Bertz CT molecular complexity index is 360. The van der Waals surface area contributed by atoms with Crippen molar-refractivity contribution in [3.63, 3.8) is 0 Å². The van der Waals surface area contributed by atoms with Crippen LogP contribution in [-0.2, 0) is 11.3 Å². The van der Waals surface area contributed by atoms with E-state index < -0.39 is 0 Å². The van der Waals surface area contributed by atoms with E-state index in [1.54, 1.807) is 6.20 Å². The van der Waals surface area contributed by atoms with Crippen LogP contribution in [0.1, 0.15) is 19.0 Å². The predicted molar refractivity (Wildman–Crippen MR) is 67.0 cm³/mol. The number of nitrogens with zero attached hydrogens (tertiary/aromatic N) is 2. The molecule has 2 amide bonds. The van der Waals surface area contributed by atoms with Crippen LogP contribution in [0.5, 0.6) is 0 Å². The first kappa shape index (κ1) is 12.9. The molecule has 6 heteroatoms. The Kier molecular flexibility index (Phi) is 4.58. The molecule has 0 saturated carbocycles. The van der Waals surface area contributed by atoms with Crippen molar-refractivity contribution in [2.75, 3.05) is 26.3 Å². The van der Waals surface area contributed by atoms with Gasteiger partial charge in [0.25, 0.3) is 0 Å². The Morgan fingerprint density at radius 2 is 2.61 bits per heavy atom. The molecule has 0 bridgehead atoms. The van der Waals surface area contributed by atoms with Crippen LogP contribution in [0, 0.1) is 5.92 Å². The standard InChI is InChI=1S/C12H20N4O2/c1-2-16(8-10-4-6-18-9-10)12(17)13-7-11-3-5-14-15-11/h3,5,10H,2,4,6-9H2,1H3,(H,13,17)(H,14,15). The molecule has 1 aliphatic heterocycles. The molecule has 1 aromatic rings. The number of carbonyl (C=O) groups is 1. The van der Waals surface area contributed by atoms with Crippen molar-refractivity contribution >= 4 is 6.03 Å². The van der Waals surface area contributed by atoms with E-state index in [0.29, 0.717) is 19.0 Å². The number of nitrogens with one attached hydrogen (secondary N) is 2. The lowest BCUT2D eigenvalue weighted by Gasteiger charge is -2.23. The number of carbonyl (C=O) groups excluding carboxylic acids is 1. The van der Waals surface area contributed by atoms with Gasteiger partial charge >= 0.3 is 6.03 Å². The minimum Gasteiger partial charge on any atom is -0.381 e. The van der Waals surface area contributed by atoms with Crippen LogP contribution < -0.4 is 5.32 Å². The van der Waals surface area contributed by atoms with E-state index in [9.17, 15) is 4.79 Å². The molecule has 6 nitrogen and oxygen atoms in total. The van der Waals surface area contributed by atoms with Crippen molar-refractivity contribution in [1.29, 1.82) is 0 Å². The van der Waals surface area contributed by atoms with Gasteiger partial charge in [0.05, 0.1) is 18.8 Å². The van der Waals surface area contributed by atoms with Crippen LogP contribution in [0.15, 0.2) is 12.3 Å². The first-order valence-electron chi connectivity index (χ1n) is 6.38. The van der Waals surface area contributed by atoms with Crippen molar-refractivity contribution in [1.82, 2.24) is 20.4 Å². The fourth-order valence-corrected chi connectivity index (χ4v) is 2.06. The fraction of sp³-hybridized carbons (Fsp3) is 0.667. The lowest BCUT2D eigenvalue weighted by Crippen LogP contribution is -2.42. The van der Waals surface area contributed by atoms with Gasteiger partial charge in [-0.25, -0.2) is 4.79 Å². The zero-order valence-corrected chi connectivity index (χ0v) is 10.7. The highest BCUT2D eigenvalue weighted by Gasteiger charge is 2.21. The summed E-state index contributed by atoms with van der Waals surface area (Å²) >= 11 is 0. The summed E-state index contributed by atoms with van der Waals surface area (Å²) < 4.78 is 5.33. The van der Waals surface area contributed by atoms with E-state index in [-0.39, 0.29) is 6.03 Å². The Morgan fingerprint density at radius 1 is 1.72 bits per heavy atom. The average Bonchev–Trinajstić information content (AvgIpc) is 3.06. The van der Waals surface area contributed by atoms with Crippen LogP contribution in [0.3, 0.4) is 0 Å². The zero-order valence-electron chi connectivity index (χ0n) is 10.7. The summed E-state index contributed by atoms with van der Waals surface area (Å²) in [6, 6.07) is 1.82. The number of urea groups is 1. The van der Waals surface area contributed by atoms with Gasteiger partial charge in [-0.1, -0.05) is 0 Å². The van der Waals surface area contributed by atoms with E-state index >= 15 is 0 Å². The number of hydrogen-bond acceptors (Lipinski definition) is 3. The molecular weight excluding hydrogens is 232 g/mol. The highest BCUT2D eigenvalue weighted by molar-refractivity contribution is 5.74. The summed E-state index contributed by atoms with van der Waals surface area (Å²) in [4.78, 5) is 13.8.